The number of hydrogen-bond donors (Lipinski definition) is 1. The zero-order valence-electron chi connectivity index (χ0n) is 13.6. The predicted molar refractivity (Wildman–Crippen MR) is 88.8 cm³/mol. The van der Waals surface area contributed by atoms with Gasteiger partial charge in [0.15, 0.2) is 0 Å². The van der Waals surface area contributed by atoms with Gasteiger partial charge in [-0.05, 0) is 57.1 Å². The smallest absolute Gasteiger partial charge is 0.119 e. The Labute approximate surface area is 129 Å². The van der Waals surface area contributed by atoms with Crippen molar-refractivity contribution in [3.8, 4) is 5.75 Å². The van der Waals surface area contributed by atoms with Gasteiger partial charge in [-0.3, -0.25) is 0 Å². The van der Waals surface area contributed by atoms with Gasteiger partial charge in [0.05, 0.1) is 7.11 Å². The molecule has 0 heterocycles. The molecule has 2 rings (SSSR count). The lowest BCUT2D eigenvalue weighted by molar-refractivity contribution is 0.307. The van der Waals surface area contributed by atoms with Gasteiger partial charge in [-0.1, -0.05) is 31.4 Å². The Morgan fingerprint density at radius 1 is 1.24 bits per heavy atom. The first-order valence-electron chi connectivity index (χ1n) is 8.33. The number of benzene rings is 1. The van der Waals surface area contributed by atoms with Crippen molar-refractivity contribution in [2.24, 2.45) is 0 Å². The third kappa shape index (κ3) is 6.06. The van der Waals surface area contributed by atoms with Gasteiger partial charge in [-0.15, -0.1) is 0 Å². The van der Waals surface area contributed by atoms with E-state index in [0.29, 0.717) is 0 Å². The van der Waals surface area contributed by atoms with Crippen molar-refractivity contribution in [1.82, 2.24) is 10.2 Å². The average Bonchev–Trinajstić information content (AvgIpc) is 2.53. The molecular weight excluding hydrogens is 260 g/mol. The lowest BCUT2D eigenvalue weighted by atomic mass is 9.95. The van der Waals surface area contributed by atoms with Gasteiger partial charge >= 0.3 is 0 Å². The molecule has 1 saturated carbocycles. The number of hydrogen-bond acceptors (Lipinski definition) is 3. The van der Waals surface area contributed by atoms with Crippen LogP contribution in [-0.4, -0.2) is 38.2 Å². The third-order valence-electron chi connectivity index (χ3n) is 4.34. The van der Waals surface area contributed by atoms with Crippen LogP contribution in [0.15, 0.2) is 24.3 Å². The Balaban J connectivity index is 1.61. The summed E-state index contributed by atoms with van der Waals surface area (Å²) in [5.74, 6) is 0.944. The van der Waals surface area contributed by atoms with Crippen LogP contribution in [0.5, 0.6) is 5.75 Å². The zero-order valence-corrected chi connectivity index (χ0v) is 13.6. The average molecular weight is 290 g/mol. The van der Waals surface area contributed by atoms with E-state index in [1.165, 1.54) is 44.1 Å². The van der Waals surface area contributed by atoms with E-state index in [0.717, 1.165) is 31.4 Å². The summed E-state index contributed by atoms with van der Waals surface area (Å²) >= 11 is 0. The van der Waals surface area contributed by atoms with Gasteiger partial charge in [0, 0.05) is 12.6 Å². The molecule has 118 valence electrons. The largest absolute Gasteiger partial charge is 0.497 e. The highest BCUT2D eigenvalue weighted by molar-refractivity contribution is 5.28. The Morgan fingerprint density at radius 2 is 2.05 bits per heavy atom. The molecule has 1 aromatic carbocycles. The second kappa shape index (κ2) is 9.06. The van der Waals surface area contributed by atoms with Crippen LogP contribution in [0.25, 0.3) is 0 Å². The number of nitrogens with zero attached hydrogens (tertiary/aromatic N) is 1. The van der Waals surface area contributed by atoms with Crippen molar-refractivity contribution in [2.45, 2.75) is 51.1 Å². The van der Waals surface area contributed by atoms with Crippen molar-refractivity contribution in [1.29, 1.82) is 0 Å². The Kier molecular flexibility index (Phi) is 7.04. The summed E-state index contributed by atoms with van der Waals surface area (Å²) in [4.78, 5) is 2.39. The minimum absolute atomic E-state index is 0.780. The van der Waals surface area contributed by atoms with E-state index in [2.05, 4.69) is 35.5 Å². The summed E-state index contributed by atoms with van der Waals surface area (Å²) in [6.45, 7) is 3.27. The predicted octanol–water partition coefficient (Wildman–Crippen LogP) is 3.44. The lowest BCUT2D eigenvalue weighted by Crippen LogP contribution is -2.33. The van der Waals surface area contributed by atoms with E-state index in [4.69, 9.17) is 4.74 Å². The summed E-state index contributed by atoms with van der Waals surface area (Å²) in [5.41, 5.74) is 1.32. The van der Waals surface area contributed by atoms with E-state index < -0.39 is 0 Å². The molecule has 0 aliphatic heterocycles. The Hall–Kier alpha value is -1.06. The molecule has 0 atom stereocenters. The molecule has 0 amide bonds. The van der Waals surface area contributed by atoms with Crippen LogP contribution in [0, 0.1) is 0 Å². The third-order valence-corrected chi connectivity index (χ3v) is 4.34. The highest BCUT2D eigenvalue weighted by Crippen LogP contribution is 2.17. The highest BCUT2D eigenvalue weighted by Gasteiger charge is 2.11. The fourth-order valence-corrected chi connectivity index (χ4v) is 3.12. The van der Waals surface area contributed by atoms with Crippen LogP contribution in [0.1, 0.15) is 44.1 Å². The maximum Gasteiger partial charge on any atom is 0.119 e. The van der Waals surface area contributed by atoms with E-state index in [1.54, 1.807) is 7.11 Å². The standard InChI is InChI=1S/C18H30N2O/c1-20(15-16-8-6-11-18(14-16)21-2)13-7-12-19-17-9-4-3-5-10-17/h6,8,11,14,17,19H,3-5,7,9-10,12-13,15H2,1-2H3. The van der Waals surface area contributed by atoms with Gasteiger partial charge in [0.1, 0.15) is 5.75 Å². The molecule has 3 nitrogen and oxygen atoms in total. The fraction of sp³-hybridized carbons (Fsp3) is 0.667. The molecule has 1 aliphatic rings. The molecule has 1 N–H and O–H groups in total. The number of methoxy groups -OCH3 is 1. The van der Waals surface area contributed by atoms with E-state index in [9.17, 15) is 0 Å². The van der Waals surface area contributed by atoms with Crippen molar-refractivity contribution >= 4 is 0 Å². The van der Waals surface area contributed by atoms with Crippen molar-refractivity contribution in [3.05, 3.63) is 29.8 Å². The minimum Gasteiger partial charge on any atom is -0.497 e. The maximum atomic E-state index is 5.27. The van der Waals surface area contributed by atoms with E-state index in [1.807, 2.05) is 6.07 Å². The van der Waals surface area contributed by atoms with Gasteiger partial charge < -0.3 is 15.0 Å². The van der Waals surface area contributed by atoms with Gasteiger partial charge in [0.2, 0.25) is 0 Å². The van der Waals surface area contributed by atoms with Gasteiger partial charge in [0.25, 0.3) is 0 Å². The molecule has 0 radical (unpaired) electrons. The summed E-state index contributed by atoms with van der Waals surface area (Å²) in [6, 6.07) is 9.13. The summed E-state index contributed by atoms with van der Waals surface area (Å²) in [5, 5.41) is 3.71. The van der Waals surface area contributed by atoms with Crippen LogP contribution in [0.3, 0.4) is 0 Å². The maximum absolute atomic E-state index is 5.27. The van der Waals surface area contributed by atoms with Crippen LogP contribution in [-0.2, 0) is 6.54 Å². The molecular formula is C18H30N2O. The number of ether oxygens (including phenoxy) is 1. The quantitative estimate of drug-likeness (QED) is 0.742. The molecule has 0 aromatic heterocycles. The first kappa shape index (κ1) is 16.3. The Bertz CT molecular complexity index is 402. The van der Waals surface area contributed by atoms with Crippen LogP contribution in [0.4, 0.5) is 0 Å². The molecule has 3 heteroatoms. The monoisotopic (exact) mass is 290 g/mol. The van der Waals surface area contributed by atoms with Gasteiger partial charge in [-0.2, -0.15) is 0 Å². The molecule has 1 aliphatic carbocycles. The first-order valence-corrected chi connectivity index (χ1v) is 8.33. The first-order chi connectivity index (χ1) is 10.3. The highest BCUT2D eigenvalue weighted by atomic mass is 16.5. The van der Waals surface area contributed by atoms with Crippen molar-refractivity contribution in [3.63, 3.8) is 0 Å². The Morgan fingerprint density at radius 3 is 2.81 bits per heavy atom. The van der Waals surface area contributed by atoms with Crippen molar-refractivity contribution in [2.75, 3.05) is 27.2 Å². The van der Waals surface area contributed by atoms with Gasteiger partial charge in [-0.25, -0.2) is 0 Å². The van der Waals surface area contributed by atoms with E-state index >= 15 is 0 Å². The molecule has 0 spiro atoms. The SMILES string of the molecule is COc1cccc(CN(C)CCCNC2CCCCC2)c1. The molecule has 0 unspecified atom stereocenters. The fourth-order valence-electron chi connectivity index (χ4n) is 3.12. The molecule has 21 heavy (non-hydrogen) atoms. The number of rotatable bonds is 8. The molecule has 1 aromatic rings. The second-order valence-electron chi connectivity index (χ2n) is 6.23. The number of nitrogens with one attached hydrogen (secondary N) is 1. The minimum atomic E-state index is 0.780. The summed E-state index contributed by atoms with van der Waals surface area (Å²) < 4.78 is 5.27. The van der Waals surface area contributed by atoms with Crippen LogP contribution >= 0.6 is 0 Å². The zero-order chi connectivity index (χ0) is 14.9. The van der Waals surface area contributed by atoms with Crippen LogP contribution < -0.4 is 10.1 Å². The second-order valence-corrected chi connectivity index (χ2v) is 6.23. The summed E-state index contributed by atoms with van der Waals surface area (Å²) in [6.07, 6.45) is 8.22. The van der Waals surface area contributed by atoms with E-state index in [-0.39, 0.29) is 0 Å². The summed E-state index contributed by atoms with van der Waals surface area (Å²) in [7, 11) is 3.92. The van der Waals surface area contributed by atoms with Crippen LogP contribution in [0.2, 0.25) is 0 Å². The molecule has 0 saturated heterocycles. The molecule has 1 fully saturated rings. The lowest BCUT2D eigenvalue weighted by Gasteiger charge is -2.23. The normalized spacial score (nSPS) is 16.3. The topological polar surface area (TPSA) is 24.5 Å². The molecule has 0 bridgehead atoms. The van der Waals surface area contributed by atoms with Crippen molar-refractivity contribution < 1.29 is 4.74 Å².